The molecular weight excluding hydrogens is 478 g/mol. The van der Waals surface area contributed by atoms with Crippen LogP contribution in [0, 0.1) is 17.3 Å². The molecule has 192 valence electrons. The molecule has 5 N–H and O–H groups in total. The summed E-state index contributed by atoms with van der Waals surface area (Å²) in [4.78, 5) is 27.3. The zero-order chi connectivity index (χ0) is 26.3. The number of imidazole rings is 1. The van der Waals surface area contributed by atoms with Crippen molar-refractivity contribution in [1.29, 1.82) is 0 Å². The molecule has 0 unspecified atom stereocenters. The Morgan fingerprint density at radius 3 is 2.74 bits per heavy atom. The molecule has 3 heterocycles. The number of primary amides is 1. The van der Waals surface area contributed by atoms with E-state index in [9.17, 15) is 9.90 Å². The van der Waals surface area contributed by atoms with Crippen molar-refractivity contribution < 1.29 is 9.90 Å². The third-order valence-corrected chi connectivity index (χ3v) is 8.00. The molecule has 2 aromatic heterocycles. The normalized spacial score (nSPS) is 17.8. The molecule has 9 nitrogen and oxygen atoms in total. The first-order valence-electron chi connectivity index (χ1n) is 12.8. The number of hydrogen-bond donors (Lipinski definition) is 3. The van der Waals surface area contributed by atoms with Crippen LogP contribution in [0.3, 0.4) is 0 Å². The topological polar surface area (TPSA) is 136 Å². The summed E-state index contributed by atoms with van der Waals surface area (Å²) < 4.78 is 1.85. The number of carbonyl (C=O) groups is 1. The second-order valence-electron chi connectivity index (χ2n) is 10.1. The largest absolute Gasteiger partial charge is 0.390 e. The van der Waals surface area contributed by atoms with Crippen LogP contribution in [0.2, 0.25) is 0 Å². The van der Waals surface area contributed by atoms with Gasteiger partial charge in [-0.2, -0.15) is 0 Å². The Balaban J connectivity index is 1.16. The smallest absolute Gasteiger partial charge is 0.248 e. The predicted molar refractivity (Wildman–Crippen MR) is 144 cm³/mol. The second-order valence-corrected chi connectivity index (χ2v) is 10.1. The van der Waals surface area contributed by atoms with E-state index >= 15 is 0 Å². The first-order chi connectivity index (χ1) is 18.5. The third kappa shape index (κ3) is 4.18. The Kier molecular flexibility index (Phi) is 6.06. The number of aliphatic hydroxyl groups excluding tert-OH is 1. The number of amides is 1. The van der Waals surface area contributed by atoms with Crippen molar-refractivity contribution in [2.75, 3.05) is 18.0 Å². The quantitative estimate of drug-likeness (QED) is 0.361. The molecule has 0 radical (unpaired) electrons. The average Bonchev–Trinajstić information content (AvgIpc) is 3.47. The van der Waals surface area contributed by atoms with Gasteiger partial charge in [-0.05, 0) is 59.9 Å². The van der Waals surface area contributed by atoms with Crippen molar-refractivity contribution in [1.82, 2.24) is 19.5 Å². The molecule has 0 saturated carbocycles. The number of carbonyl (C=O) groups excluding carboxylic acids is 1. The molecule has 1 saturated heterocycles. The number of nitrogens with zero attached hydrogens (tertiary/aromatic N) is 5. The van der Waals surface area contributed by atoms with Gasteiger partial charge >= 0.3 is 0 Å². The summed E-state index contributed by atoms with van der Waals surface area (Å²) >= 11 is 0. The van der Waals surface area contributed by atoms with Gasteiger partial charge in [-0.3, -0.25) is 4.79 Å². The number of hydrogen-bond acceptors (Lipinski definition) is 7. The molecule has 2 aromatic carbocycles. The highest BCUT2D eigenvalue weighted by Crippen LogP contribution is 2.51. The van der Waals surface area contributed by atoms with E-state index in [0.29, 0.717) is 29.3 Å². The number of anilines is 1. The van der Waals surface area contributed by atoms with Gasteiger partial charge in [0.05, 0.1) is 36.7 Å². The van der Waals surface area contributed by atoms with Gasteiger partial charge in [0.15, 0.2) is 5.82 Å². The first-order valence-corrected chi connectivity index (χ1v) is 12.8. The van der Waals surface area contributed by atoms with Crippen LogP contribution < -0.4 is 16.4 Å². The predicted octanol–water partition coefficient (Wildman–Crippen LogP) is 2.31. The van der Waals surface area contributed by atoms with Crippen LogP contribution in [0.5, 0.6) is 0 Å². The Labute approximate surface area is 220 Å². The number of nitrogens with two attached hydrogens (primary N) is 2. The lowest BCUT2D eigenvalue weighted by molar-refractivity contribution is 0.100. The summed E-state index contributed by atoms with van der Waals surface area (Å²) in [6.45, 7) is 1.77. The van der Waals surface area contributed by atoms with E-state index in [0.717, 1.165) is 43.4 Å². The standard InChI is InChI=1S/C29H29N7O2/c30-26-22-6-2-1-4-20(22)15-29(26)9-12-35(13-10-29)28-24(17-37)34-21(16-32-28)5-3-11-36-18-33-23-8-7-19(27(31)38)14-25(23)36/h1-2,4,6-8,14,16,18,26,37H,9-13,15,17,30H2,(H2,31,38)/t26-/m1/s1. The monoisotopic (exact) mass is 507 g/mol. The summed E-state index contributed by atoms with van der Waals surface area (Å²) in [5.74, 6) is 6.34. The number of benzene rings is 2. The molecule has 4 aromatic rings. The average molecular weight is 508 g/mol. The lowest BCUT2D eigenvalue weighted by atomic mass is 9.73. The van der Waals surface area contributed by atoms with Crippen molar-refractivity contribution in [3.8, 4) is 11.8 Å². The Bertz CT molecular complexity index is 1590. The minimum absolute atomic E-state index is 0.0527. The van der Waals surface area contributed by atoms with Crippen molar-refractivity contribution >= 4 is 22.8 Å². The van der Waals surface area contributed by atoms with E-state index in [4.69, 9.17) is 11.5 Å². The third-order valence-electron chi connectivity index (χ3n) is 8.00. The molecule has 1 fully saturated rings. The number of aromatic nitrogens is 4. The molecule has 1 spiro atoms. The van der Waals surface area contributed by atoms with Crippen LogP contribution in [0.1, 0.15) is 51.8 Å². The van der Waals surface area contributed by atoms with E-state index in [1.54, 1.807) is 30.7 Å². The lowest BCUT2D eigenvalue weighted by Crippen LogP contribution is -2.45. The summed E-state index contributed by atoms with van der Waals surface area (Å²) in [6, 6.07) is 13.7. The van der Waals surface area contributed by atoms with Gasteiger partial charge in [-0.1, -0.05) is 30.2 Å². The fourth-order valence-electron chi connectivity index (χ4n) is 5.87. The zero-order valence-electron chi connectivity index (χ0n) is 21.0. The van der Waals surface area contributed by atoms with E-state index in [2.05, 4.69) is 56.0 Å². The van der Waals surface area contributed by atoms with Crippen LogP contribution in [0.15, 0.2) is 55.0 Å². The summed E-state index contributed by atoms with van der Waals surface area (Å²) in [5, 5.41) is 10.1. The van der Waals surface area contributed by atoms with Crippen molar-refractivity contribution in [3.05, 3.63) is 83.1 Å². The van der Waals surface area contributed by atoms with Crippen LogP contribution in [-0.2, 0) is 19.6 Å². The second kappa shape index (κ2) is 9.56. The highest BCUT2D eigenvalue weighted by Gasteiger charge is 2.46. The fourth-order valence-corrected chi connectivity index (χ4v) is 5.87. The maximum Gasteiger partial charge on any atom is 0.248 e. The van der Waals surface area contributed by atoms with E-state index in [1.165, 1.54) is 11.1 Å². The molecule has 1 atom stereocenters. The highest BCUT2D eigenvalue weighted by atomic mass is 16.3. The van der Waals surface area contributed by atoms with Gasteiger partial charge in [-0.15, -0.1) is 0 Å². The number of piperidine rings is 1. The zero-order valence-corrected chi connectivity index (χ0v) is 21.0. The molecule has 1 amide bonds. The van der Waals surface area contributed by atoms with E-state index in [-0.39, 0.29) is 18.1 Å². The van der Waals surface area contributed by atoms with Crippen molar-refractivity contribution in [3.63, 3.8) is 0 Å². The molecule has 9 heteroatoms. The fraction of sp³-hybridized carbons (Fsp3) is 0.310. The Morgan fingerprint density at radius 1 is 1.16 bits per heavy atom. The minimum Gasteiger partial charge on any atom is -0.390 e. The summed E-state index contributed by atoms with van der Waals surface area (Å²) in [7, 11) is 0. The molecule has 2 aliphatic rings. The highest BCUT2D eigenvalue weighted by molar-refractivity contribution is 5.96. The van der Waals surface area contributed by atoms with Gasteiger partial charge in [0, 0.05) is 24.7 Å². The molecule has 0 bridgehead atoms. The molecular formula is C29H29N7O2. The molecule has 1 aliphatic carbocycles. The SMILES string of the molecule is NC(=O)c1ccc2ncn(CC#Cc3cnc(N4CCC5(CC4)Cc4ccccc4[C@H]5N)c(CO)n3)c2c1. The molecule has 38 heavy (non-hydrogen) atoms. The molecule has 1 aliphatic heterocycles. The maximum atomic E-state index is 11.5. The van der Waals surface area contributed by atoms with Gasteiger partial charge in [0.25, 0.3) is 0 Å². The van der Waals surface area contributed by atoms with Crippen molar-refractivity contribution in [2.24, 2.45) is 16.9 Å². The Hall–Kier alpha value is -4.26. The van der Waals surface area contributed by atoms with Crippen LogP contribution in [0.4, 0.5) is 5.82 Å². The Morgan fingerprint density at radius 2 is 1.97 bits per heavy atom. The number of rotatable bonds is 4. The lowest BCUT2D eigenvalue weighted by Gasteiger charge is -2.42. The van der Waals surface area contributed by atoms with E-state index in [1.807, 2.05) is 4.57 Å². The summed E-state index contributed by atoms with van der Waals surface area (Å²) in [6.07, 6.45) is 6.28. The van der Waals surface area contributed by atoms with Gasteiger partial charge in [-0.25, -0.2) is 15.0 Å². The van der Waals surface area contributed by atoms with Crippen LogP contribution >= 0.6 is 0 Å². The van der Waals surface area contributed by atoms with Gasteiger partial charge in [0.2, 0.25) is 5.91 Å². The minimum atomic E-state index is -0.488. The summed E-state index contributed by atoms with van der Waals surface area (Å²) in [5.41, 5.74) is 17.8. The number of fused-ring (bicyclic) bond motifs is 2. The van der Waals surface area contributed by atoms with Crippen LogP contribution in [-0.4, -0.2) is 43.6 Å². The van der Waals surface area contributed by atoms with E-state index < -0.39 is 5.91 Å². The maximum absolute atomic E-state index is 11.5. The number of aliphatic hydroxyl groups is 1. The van der Waals surface area contributed by atoms with Gasteiger partial charge in [0.1, 0.15) is 11.4 Å². The van der Waals surface area contributed by atoms with Gasteiger partial charge < -0.3 is 26.0 Å². The van der Waals surface area contributed by atoms with Crippen LogP contribution in [0.25, 0.3) is 11.0 Å². The molecule has 6 rings (SSSR count). The first kappa shape index (κ1) is 24.1. The van der Waals surface area contributed by atoms with Crippen molar-refractivity contribution in [2.45, 2.75) is 38.5 Å².